The maximum absolute atomic E-state index is 5.38. The molecule has 152 valence electrons. The fourth-order valence-corrected chi connectivity index (χ4v) is 3.03. The van der Waals surface area contributed by atoms with E-state index in [1.807, 2.05) is 30.3 Å². The predicted octanol–water partition coefficient (Wildman–Crippen LogP) is 4.52. The fourth-order valence-electron chi connectivity index (χ4n) is 3.03. The number of rotatable bonds is 9. The Bertz CT molecular complexity index is 916. The van der Waals surface area contributed by atoms with Crippen molar-refractivity contribution in [1.29, 1.82) is 0 Å². The van der Waals surface area contributed by atoms with Crippen molar-refractivity contribution < 1.29 is 9.47 Å². The number of methoxy groups -OCH3 is 2. The summed E-state index contributed by atoms with van der Waals surface area (Å²) in [6.45, 7) is 5.68. The van der Waals surface area contributed by atoms with E-state index in [2.05, 4.69) is 53.3 Å². The number of nitrogens with one attached hydrogen (secondary N) is 1. The summed E-state index contributed by atoms with van der Waals surface area (Å²) in [5.41, 5.74) is 2.31. The second-order valence-electron chi connectivity index (χ2n) is 6.99. The van der Waals surface area contributed by atoms with Gasteiger partial charge in [0.1, 0.15) is 5.82 Å². The molecule has 2 aromatic carbocycles. The zero-order valence-corrected chi connectivity index (χ0v) is 17.4. The molecule has 6 heteroatoms. The van der Waals surface area contributed by atoms with Crippen LogP contribution in [-0.2, 0) is 13.1 Å². The van der Waals surface area contributed by atoms with Gasteiger partial charge in [0.25, 0.3) is 0 Å². The van der Waals surface area contributed by atoms with Gasteiger partial charge in [-0.3, -0.25) is 0 Å². The number of hydrogen-bond donors (Lipinski definition) is 1. The molecule has 3 rings (SSSR count). The van der Waals surface area contributed by atoms with Crippen LogP contribution in [-0.4, -0.2) is 30.2 Å². The molecule has 0 saturated carbocycles. The highest BCUT2D eigenvalue weighted by molar-refractivity contribution is 5.46. The third-order valence-electron chi connectivity index (χ3n) is 4.64. The standard InChI is InChI=1S/C23H28N4O2/c1-17(2)27(16-18-8-6-5-7-9-18)23-24-13-12-22(26-23)25-15-19-10-11-20(28-3)21(14-19)29-4/h5-14,17H,15-16H2,1-4H3,(H,24,25,26). The quantitative estimate of drug-likeness (QED) is 0.578. The van der Waals surface area contributed by atoms with Gasteiger partial charge < -0.3 is 19.7 Å². The monoisotopic (exact) mass is 392 g/mol. The summed E-state index contributed by atoms with van der Waals surface area (Å²) in [5, 5.41) is 3.37. The summed E-state index contributed by atoms with van der Waals surface area (Å²) in [5.74, 6) is 2.92. The fraction of sp³-hybridized carbons (Fsp3) is 0.304. The van der Waals surface area contributed by atoms with Crippen LogP contribution in [0.3, 0.4) is 0 Å². The van der Waals surface area contributed by atoms with Crippen molar-refractivity contribution >= 4 is 11.8 Å². The van der Waals surface area contributed by atoms with Gasteiger partial charge in [0.2, 0.25) is 5.95 Å². The molecular weight excluding hydrogens is 364 g/mol. The predicted molar refractivity (Wildman–Crippen MR) is 117 cm³/mol. The number of hydrogen-bond acceptors (Lipinski definition) is 6. The molecule has 6 nitrogen and oxygen atoms in total. The maximum atomic E-state index is 5.38. The molecule has 0 atom stereocenters. The van der Waals surface area contributed by atoms with Crippen LogP contribution >= 0.6 is 0 Å². The average molecular weight is 393 g/mol. The van der Waals surface area contributed by atoms with Crippen LogP contribution in [0.25, 0.3) is 0 Å². The van der Waals surface area contributed by atoms with E-state index in [-0.39, 0.29) is 6.04 Å². The Labute approximate surface area is 172 Å². The van der Waals surface area contributed by atoms with Crippen LogP contribution in [0, 0.1) is 0 Å². The summed E-state index contributed by atoms with van der Waals surface area (Å²) in [6, 6.07) is 18.4. The van der Waals surface area contributed by atoms with Gasteiger partial charge in [-0.15, -0.1) is 0 Å². The van der Waals surface area contributed by atoms with Gasteiger partial charge in [-0.05, 0) is 43.2 Å². The molecule has 1 heterocycles. The first kappa shape index (κ1) is 20.5. The Morgan fingerprint density at radius 1 is 0.931 bits per heavy atom. The lowest BCUT2D eigenvalue weighted by Crippen LogP contribution is -2.31. The van der Waals surface area contributed by atoms with Gasteiger partial charge in [-0.25, -0.2) is 4.98 Å². The number of aromatic nitrogens is 2. The first-order valence-corrected chi connectivity index (χ1v) is 9.69. The smallest absolute Gasteiger partial charge is 0.227 e. The summed E-state index contributed by atoms with van der Waals surface area (Å²) < 4.78 is 10.7. The molecule has 0 aliphatic heterocycles. The second-order valence-corrected chi connectivity index (χ2v) is 6.99. The Hall–Kier alpha value is -3.28. The highest BCUT2D eigenvalue weighted by atomic mass is 16.5. The SMILES string of the molecule is COc1ccc(CNc2ccnc(N(Cc3ccccc3)C(C)C)n2)cc1OC. The molecule has 29 heavy (non-hydrogen) atoms. The maximum Gasteiger partial charge on any atom is 0.227 e. The molecule has 0 bridgehead atoms. The van der Waals surface area contributed by atoms with Crippen LogP contribution in [0.1, 0.15) is 25.0 Å². The molecular formula is C23H28N4O2. The summed E-state index contributed by atoms with van der Waals surface area (Å²) in [4.78, 5) is 11.4. The van der Waals surface area contributed by atoms with E-state index in [0.29, 0.717) is 24.0 Å². The molecule has 1 aromatic heterocycles. The van der Waals surface area contributed by atoms with Crippen molar-refractivity contribution in [2.24, 2.45) is 0 Å². The van der Waals surface area contributed by atoms with E-state index in [0.717, 1.165) is 17.9 Å². The Balaban J connectivity index is 1.73. The lowest BCUT2D eigenvalue weighted by Gasteiger charge is -2.27. The average Bonchev–Trinajstić information content (AvgIpc) is 2.76. The minimum atomic E-state index is 0.274. The van der Waals surface area contributed by atoms with Gasteiger partial charge in [-0.2, -0.15) is 4.98 Å². The van der Waals surface area contributed by atoms with E-state index in [1.165, 1.54) is 5.56 Å². The Kier molecular flexibility index (Phi) is 6.89. The zero-order valence-electron chi connectivity index (χ0n) is 17.4. The normalized spacial score (nSPS) is 10.7. The highest BCUT2D eigenvalue weighted by Gasteiger charge is 2.14. The molecule has 0 saturated heterocycles. The minimum absolute atomic E-state index is 0.274. The molecule has 0 aliphatic rings. The molecule has 0 spiro atoms. The second kappa shape index (κ2) is 9.78. The number of ether oxygens (including phenoxy) is 2. The lowest BCUT2D eigenvalue weighted by molar-refractivity contribution is 0.354. The Morgan fingerprint density at radius 3 is 2.38 bits per heavy atom. The van der Waals surface area contributed by atoms with Gasteiger partial charge >= 0.3 is 0 Å². The number of nitrogens with zero attached hydrogens (tertiary/aromatic N) is 3. The van der Waals surface area contributed by atoms with Crippen LogP contribution < -0.4 is 19.7 Å². The molecule has 1 N–H and O–H groups in total. The summed E-state index contributed by atoms with van der Waals surface area (Å²) in [6.07, 6.45) is 1.79. The largest absolute Gasteiger partial charge is 0.493 e. The minimum Gasteiger partial charge on any atom is -0.493 e. The molecule has 0 aliphatic carbocycles. The number of anilines is 2. The third-order valence-corrected chi connectivity index (χ3v) is 4.64. The van der Waals surface area contributed by atoms with E-state index in [4.69, 9.17) is 14.5 Å². The van der Waals surface area contributed by atoms with Crippen molar-refractivity contribution in [3.8, 4) is 11.5 Å². The summed E-state index contributed by atoms with van der Waals surface area (Å²) in [7, 11) is 3.27. The van der Waals surface area contributed by atoms with Gasteiger partial charge in [0.05, 0.1) is 14.2 Å². The van der Waals surface area contributed by atoms with Crippen molar-refractivity contribution in [2.45, 2.75) is 33.0 Å². The molecule has 3 aromatic rings. The Morgan fingerprint density at radius 2 is 1.69 bits per heavy atom. The number of benzene rings is 2. The first-order chi connectivity index (χ1) is 14.1. The molecule has 0 amide bonds. The van der Waals surface area contributed by atoms with Gasteiger partial charge in [-0.1, -0.05) is 36.4 Å². The van der Waals surface area contributed by atoms with Crippen molar-refractivity contribution in [3.05, 3.63) is 71.9 Å². The molecule has 0 fully saturated rings. The lowest BCUT2D eigenvalue weighted by atomic mass is 10.2. The van der Waals surface area contributed by atoms with Gasteiger partial charge in [0.15, 0.2) is 11.5 Å². The van der Waals surface area contributed by atoms with Crippen molar-refractivity contribution in [1.82, 2.24) is 9.97 Å². The third kappa shape index (κ3) is 5.38. The van der Waals surface area contributed by atoms with E-state index in [1.54, 1.807) is 20.4 Å². The van der Waals surface area contributed by atoms with Crippen LogP contribution in [0.2, 0.25) is 0 Å². The highest BCUT2D eigenvalue weighted by Crippen LogP contribution is 2.28. The van der Waals surface area contributed by atoms with E-state index < -0.39 is 0 Å². The summed E-state index contributed by atoms with van der Waals surface area (Å²) >= 11 is 0. The van der Waals surface area contributed by atoms with Crippen LogP contribution in [0.5, 0.6) is 11.5 Å². The van der Waals surface area contributed by atoms with Crippen molar-refractivity contribution in [3.63, 3.8) is 0 Å². The first-order valence-electron chi connectivity index (χ1n) is 9.69. The van der Waals surface area contributed by atoms with E-state index >= 15 is 0 Å². The zero-order chi connectivity index (χ0) is 20.6. The topological polar surface area (TPSA) is 59.5 Å². The van der Waals surface area contributed by atoms with Gasteiger partial charge in [0, 0.05) is 25.3 Å². The van der Waals surface area contributed by atoms with Crippen LogP contribution in [0.4, 0.5) is 11.8 Å². The molecule has 0 unspecified atom stereocenters. The molecule has 0 radical (unpaired) electrons. The van der Waals surface area contributed by atoms with Crippen molar-refractivity contribution in [2.75, 3.05) is 24.4 Å². The van der Waals surface area contributed by atoms with Crippen LogP contribution in [0.15, 0.2) is 60.8 Å². The van der Waals surface area contributed by atoms with E-state index in [9.17, 15) is 0 Å².